The lowest BCUT2D eigenvalue weighted by molar-refractivity contribution is 0.596. The summed E-state index contributed by atoms with van der Waals surface area (Å²) in [5.74, 6) is 0. The second-order valence-electron chi connectivity index (χ2n) is 5.33. The third-order valence-electron chi connectivity index (χ3n) is 3.56. The first kappa shape index (κ1) is 15.3. The van der Waals surface area contributed by atoms with E-state index in [1.165, 1.54) is 0 Å². The van der Waals surface area contributed by atoms with Crippen molar-refractivity contribution in [2.75, 3.05) is 5.32 Å². The molecule has 0 aliphatic carbocycles. The molecule has 0 aliphatic rings. The lowest BCUT2D eigenvalue weighted by Gasteiger charge is -2.08. The SMILES string of the molecule is Cc1ccc(S(=O)(=O)c2ccc(Nc3ccccc3)cc2)cc1. The number of hydrogen-bond donors (Lipinski definition) is 1. The molecule has 3 rings (SSSR count). The molecule has 23 heavy (non-hydrogen) atoms. The van der Waals surface area contributed by atoms with Gasteiger partial charge in [0, 0.05) is 11.4 Å². The van der Waals surface area contributed by atoms with Crippen molar-refractivity contribution in [3.05, 3.63) is 84.4 Å². The summed E-state index contributed by atoms with van der Waals surface area (Å²) in [5.41, 5.74) is 2.84. The summed E-state index contributed by atoms with van der Waals surface area (Å²) in [6.45, 7) is 1.93. The van der Waals surface area contributed by atoms with Crippen molar-refractivity contribution in [2.24, 2.45) is 0 Å². The van der Waals surface area contributed by atoms with Gasteiger partial charge in [0.1, 0.15) is 0 Å². The topological polar surface area (TPSA) is 46.2 Å². The van der Waals surface area contributed by atoms with E-state index >= 15 is 0 Å². The van der Waals surface area contributed by atoms with Crippen molar-refractivity contribution in [1.29, 1.82) is 0 Å². The van der Waals surface area contributed by atoms with Gasteiger partial charge in [0.15, 0.2) is 0 Å². The highest BCUT2D eigenvalue weighted by atomic mass is 32.2. The number of hydrogen-bond acceptors (Lipinski definition) is 3. The second kappa shape index (κ2) is 6.26. The van der Waals surface area contributed by atoms with Crippen LogP contribution in [-0.2, 0) is 9.84 Å². The summed E-state index contributed by atoms with van der Waals surface area (Å²) in [7, 11) is -3.47. The maximum absolute atomic E-state index is 12.6. The molecule has 116 valence electrons. The Hall–Kier alpha value is -2.59. The minimum absolute atomic E-state index is 0.292. The number of nitrogens with one attached hydrogen (secondary N) is 1. The van der Waals surface area contributed by atoms with E-state index in [1.807, 2.05) is 37.3 Å². The predicted octanol–water partition coefficient (Wildman–Crippen LogP) is 4.57. The van der Waals surface area contributed by atoms with Crippen LogP contribution in [0.4, 0.5) is 11.4 Å². The molecule has 4 heteroatoms. The molecule has 3 aromatic carbocycles. The van der Waals surface area contributed by atoms with Crippen LogP contribution in [0.2, 0.25) is 0 Å². The van der Waals surface area contributed by atoms with E-state index in [0.29, 0.717) is 9.79 Å². The number of aryl methyl sites for hydroxylation is 1. The van der Waals surface area contributed by atoms with Gasteiger partial charge in [-0.15, -0.1) is 0 Å². The average molecular weight is 323 g/mol. The van der Waals surface area contributed by atoms with Crippen molar-refractivity contribution in [2.45, 2.75) is 16.7 Å². The van der Waals surface area contributed by atoms with Crippen molar-refractivity contribution >= 4 is 21.2 Å². The number of rotatable bonds is 4. The van der Waals surface area contributed by atoms with Crippen LogP contribution in [-0.4, -0.2) is 8.42 Å². The average Bonchev–Trinajstić information content (AvgIpc) is 2.57. The molecule has 0 heterocycles. The highest BCUT2D eigenvalue weighted by molar-refractivity contribution is 7.91. The molecule has 0 saturated heterocycles. The third kappa shape index (κ3) is 3.43. The minimum atomic E-state index is -3.47. The molecule has 3 aromatic rings. The van der Waals surface area contributed by atoms with Gasteiger partial charge in [-0.2, -0.15) is 0 Å². The van der Waals surface area contributed by atoms with E-state index < -0.39 is 9.84 Å². The lowest BCUT2D eigenvalue weighted by atomic mass is 10.2. The minimum Gasteiger partial charge on any atom is -0.356 e. The highest BCUT2D eigenvalue weighted by Gasteiger charge is 2.17. The molecule has 0 radical (unpaired) electrons. The molecule has 0 atom stereocenters. The molecule has 0 fully saturated rings. The van der Waals surface area contributed by atoms with E-state index in [0.717, 1.165) is 16.9 Å². The summed E-state index contributed by atoms with van der Waals surface area (Å²) in [6.07, 6.45) is 0. The third-order valence-corrected chi connectivity index (χ3v) is 5.34. The number of anilines is 2. The molecule has 0 aliphatic heterocycles. The molecule has 1 N–H and O–H groups in total. The zero-order chi connectivity index (χ0) is 16.3. The van der Waals surface area contributed by atoms with Crippen LogP contribution in [0.15, 0.2) is 88.7 Å². The van der Waals surface area contributed by atoms with Crippen LogP contribution in [0.5, 0.6) is 0 Å². The Morgan fingerprint density at radius 2 is 1.13 bits per heavy atom. The Morgan fingerprint density at radius 3 is 1.70 bits per heavy atom. The summed E-state index contributed by atoms with van der Waals surface area (Å²) in [4.78, 5) is 0.604. The first-order valence-electron chi connectivity index (χ1n) is 7.29. The number of benzene rings is 3. The second-order valence-corrected chi connectivity index (χ2v) is 7.28. The smallest absolute Gasteiger partial charge is 0.206 e. The van der Waals surface area contributed by atoms with Gasteiger partial charge >= 0.3 is 0 Å². The van der Waals surface area contributed by atoms with Gasteiger partial charge in [0.2, 0.25) is 9.84 Å². The Labute approximate surface area is 136 Å². The van der Waals surface area contributed by atoms with Crippen molar-refractivity contribution in [1.82, 2.24) is 0 Å². The van der Waals surface area contributed by atoms with Gasteiger partial charge in [-0.05, 0) is 55.5 Å². The molecule has 3 nitrogen and oxygen atoms in total. The Balaban J connectivity index is 1.85. The van der Waals surface area contributed by atoms with Crippen LogP contribution in [0.25, 0.3) is 0 Å². The van der Waals surface area contributed by atoms with Gasteiger partial charge in [-0.3, -0.25) is 0 Å². The first-order chi connectivity index (χ1) is 11.1. The number of sulfone groups is 1. The maximum Gasteiger partial charge on any atom is 0.206 e. The van der Waals surface area contributed by atoms with Gasteiger partial charge in [0.05, 0.1) is 9.79 Å². The summed E-state index contributed by atoms with van der Waals surface area (Å²) in [5, 5.41) is 3.23. The van der Waals surface area contributed by atoms with Crippen LogP contribution >= 0.6 is 0 Å². The quantitative estimate of drug-likeness (QED) is 0.765. The molecule has 0 saturated carbocycles. The van der Waals surface area contributed by atoms with Gasteiger partial charge in [-0.1, -0.05) is 35.9 Å². The van der Waals surface area contributed by atoms with Crippen molar-refractivity contribution in [3.63, 3.8) is 0 Å². The van der Waals surface area contributed by atoms with Crippen LogP contribution < -0.4 is 5.32 Å². The predicted molar refractivity (Wildman–Crippen MR) is 92.8 cm³/mol. The van der Waals surface area contributed by atoms with E-state index in [9.17, 15) is 8.42 Å². The molecule has 0 aromatic heterocycles. The van der Waals surface area contributed by atoms with Gasteiger partial charge in [-0.25, -0.2) is 8.42 Å². The molecule has 0 amide bonds. The summed E-state index contributed by atoms with van der Waals surface area (Å²) in [6, 6.07) is 23.4. The lowest BCUT2D eigenvalue weighted by Crippen LogP contribution is -2.02. The van der Waals surface area contributed by atoms with E-state index in [-0.39, 0.29) is 0 Å². The number of para-hydroxylation sites is 1. The monoisotopic (exact) mass is 323 g/mol. The van der Waals surface area contributed by atoms with Crippen LogP contribution in [0.3, 0.4) is 0 Å². The zero-order valence-corrected chi connectivity index (χ0v) is 13.5. The normalized spacial score (nSPS) is 11.2. The highest BCUT2D eigenvalue weighted by Crippen LogP contribution is 2.24. The zero-order valence-electron chi connectivity index (χ0n) is 12.7. The Bertz CT molecular complexity index is 884. The largest absolute Gasteiger partial charge is 0.356 e. The molecular formula is C19H17NO2S. The van der Waals surface area contributed by atoms with Crippen LogP contribution in [0.1, 0.15) is 5.56 Å². The molecule has 0 spiro atoms. The maximum atomic E-state index is 12.6. The fraction of sp³-hybridized carbons (Fsp3) is 0.0526. The molecule has 0 unspecified atom stereocenters. The fourth-order valence-electron chi connectivity index (χ4n) is 2.26. The van der Waals surface area contributed by atoms with E-state index in [1.54, 1.807) is 48.5 Å². The Morgan fingerprint density at radius 1 is 0.652 bits per heavy atom. The Kier molecular flexibility index (Phi) is 4.17. The standard InChI is InChI=1S/C19H17NO2S/c1-15-7-11-18(12-8-15)23(21,22)19-13-9-17(10-14-19)20-16-5-3-2-4-6-16/h2-14,20H,1H3. The molecule has 0 bridgehead atoms. The summed E-state index contributed by atoms with van der Waals surface area (Å²) < 4.78 is 25.2. The van der Waals surface area contributed by atoms with E-state index in [4.69, 9.17) is 0 Å². The van der Waals surface area contributed by atoms with Gasteiger partial charge < -0.3 is 5.32 Å². The molecular weight excluding hydrogens is 306 g/mol. The van der Waals surface area contributed by atoms with Gasteiger partial charge in [0.25, 0.3) is 0 Å². The van der Waals surface area contributed by atoms with Crippen molar-refractivity contribution < 1.29 is 8.42 Å². The van der Waals surface area contributed by atoms with Crippen LogP contribution in [0, 0.1) is 6.92 Å². The fourth-order valence-corrected chi connectivity index (χ4v) is 3.52. The summed E-state index contributed by atoms with van der Waals surface area (Å²) >= 11 is 0. The van der Waals surface area contributed by atoms with Crippen molar-refractivity contribution in [3.8, 4) is 0 Å². The van der Waals surface area contributed by atoms with E-state index in [2.05, 4.69) is 5.32 Å². The first-order valence-corrected chi connectivity index (χ1v) is 8.78.